The highest BCUT2D eigenvalue weighted by molar-refractivity contribution is 6.03. The van der Waals surface area contributed by atoms with Gasteiger partial charge in [-0.15, -0.1) is 5.10 Å². The maximum Gasteiger partial charge on any atom is 0.451 e. The molecule has 0 saturated heterocycles. The molecule has 0 saturated carbocycles. The molecule has 10 heteroatoms. The van der Waals surface area contributed by atoms with E-state index in [4.69, 9.17) is 0 Å². The van der Waals surface area contributed by atoms with Gasteiger partial charge in [-0.05, 0) is 12.1 Å². The Morgan fingerprint density at radius 1 is 1.33 bits per heavy atom. The average Bonchev–Trinajstić information content (AvgIpc) is 3.04. The fourth-order valence-corrected chi connectivity index (χ4v) is 1.67. The lowest BCUT2D eigenvalue weighted by Gasteiger charge is -2.02. The molecule has 0 aliphatic heterocycles. The van der Waals surface area contributed by atoms with Crippen LogP contribution in [-0.2, 0) is 6.18 Å². The van der Waals surface area contributed by atoms with Crippen LogP contribution in [-0.4, -0.2) is 30.5 Å². The summed E-state index contributed by atoms with van der Waals surface area (Å²) in [6.45, 7) is 0. The van der Waals surface area contributed by atoms with Crippen LogP contribution in [0.4, 0.5) is 19.1 Å². The summed E-state index contributed by atoms with van der Waals surface area (Å²) in [6, 6.07) is 3.10. The van der Waals surface area contributed by atoms with Crippen molar-refractivity contribution < 1.29 is 18.0 Å². The quantitative estimate of drug-likeness (QED) is 0.753. The van der Waals surface area contributed by atoms with Crippen LogP contribution in [0, 0.1) is 0 Å². The molecule has 3 aromatic heterocycles. The molecule has 0 atom stereocenters. The second-order valence-corrected chi connectivity index (χ2v) is 4.07. The first kappa shape index (κ1) is 13.1. The van der Waals surface area contributed by atoms with Crippen LogP contribution < -0.4 is 5.32 Å². The summed E-state index contributed by atoms with van der Waals surface area (Å²) in [6.07, 6.45) is 0.0449. The number of H-pyrrole nitrogens is 1. The Morgan fingerprint density at radius 2 is 2.14 bits per heavy atom. The van der Waals surface area contributed by atoms with E-state index in [0.29, 0.717) is 5.65 Å². The molecule has 108 valence electrons. The van der Waals surface area contributed by atoms with Crippen molar-refractivity contribution in [2.24, 2.45) is 0 Å². The normalized spacial score (nSPS) is 11.8. The number of amides is 1. The van der Waals surface area contributed by atoms with Gasteiger partial charge >= 0.3 is 6.18 Å². The first-order valence-electron chi connectivity index (χ1n) is 5.67. The topological polar surface area (TPSA) is 88.0 Å². The molecule has 3 rings (SSSR count). The monoisotopic (exact) mass is 296 g/mol. The summed E-state index contributed by atoms with van der Waals surface area (Å²) >= 11 is 0. The predicted molar refractivity (Wildman–Crippen MR) is 64.5 cm³/mol. The number of fused-ring (bicyclic) bond motifs is 1. The second kappa shape index (κ2) is 4.58. The molecule has 0 bridgehead atoms. The molecular weight excluding hydrogens is 289 g/mol. The SMILES string of the molecule is O=C(Nc1n[nH]c(C(F)(F)F)n1)c1ccc2nccn2c1. The molecule has 0 unspecified atom stereocenters. The van der Waals surface area contributed by atoms with Gasteiger partial charge in [0.25, 0.3) is 5.91 Å². The van der Waals surface area contributed by atoms with Crippen LogP contribution in [0.25, 0.3) is 5.65 Å². The van der Waals surface area contributed by atoms with Crippen molar-refractivity contribution >= 4 is 17.5 Å². The van der Waals surface area contributed by atoms with E-state index < -0.39 is 23.9 Å². The number of nitrogens with one attached hydrogen (secondary N) is 2. The van der Waals surface area contributed by atoms with Crippen molar-refractivity contribution in [3.8, 4) is 0 Å². The van der Waals surface area contributed by atoms with Crippen LogP contribution in [0.15, 0.2) is 30.7 Å². The van der Waals surface area contributed by atoms with Gasteiger partial charge in [-0.2, -0.15) is 18.2 Å². The maximum atomic E-state index is 12.3. The Kier molecular flexibility index (Phi) is 2.85. The largest absolute Gasteiger partial charge is 0.451 e. The van der Waals surface area contributed by atoms with Crippen molar-refractivity contribution in [1.82, 2.24) is 24.6 Å². The van der Waals surface area contributed by atoms with E-state index in [9.17, 15) is 18.0 Å². The average molecular weight is 296 g/mol. The molecule has 0 aliphatic rings. The Bertz CT molecular complexity index is 806. The van der Waals surface area contributed by atoms with Gasteiger partial charge < -0.3 is 4.40 Å². The molecule has 0 aliphatic carbocycles. The molecule has 3 heterocycles. The Hall–Kier alpha value is -2.91. The number of imidazole rings is 1. The third-order valence-electron chi connectivity index (χ3n) is 2.63. The molecule has 2 N–H and O–H groups in total. The number of pyridine rings is 1. The van der Waals surface area contributed by atoms with Gasteiger partial charge in [0.2, 0.25) is 11.8 Å². The molecule has 0 aromatic carbocycles. The number of rotatable bonds is 2. The minimum absolute atomic E-state index is 0.235. The van der Waals surface area contributed by atoms with E-state index in [1.54, 1.807) is 28.0 Å². The number of carbonyl (C=O) groups excluding carboxylic acids is 1. The van der Waals surface area contributed by atoms with E-state index in [1.165, 1.54) is 12.3 Å². The number of halogens is 3. The smallest absolute Gasteiger partial charge is 0.306 e. The summed E-state index contributed by atoms with van der Waals surface area (Å²) < 4.78 is 38.6. The van der Waals surface area contributed by atoms with E-state index in [-0.39, 0.29) is 5.56 Å². The first-order chi connectivity index (χ1) is 9.93. The van der Waals surface area contributed by atoms with Crippen molar-refractivity contribution in [1.29, 1.82) is 0 Å². The maximum absolute atomic E-state index is 12.3. The first-order valence-corrected chi connectivity index (χ1v) is 5.67. The number of aromatic amines is 1. The minimum Gasteiger partial charge on any atom is -0.306 e. The van der Waals surface area contributed by atoms with Gasteiger partial charge in [0, 0.05) is 18.6 Å². The van der Waals surface area contributed by atoms with Crippen molar-refractivity contribution in [2.45, 2.75) is 6.18 Å². The number of anilines is 1. The summed E-state index contributed by atoms with van der Waals surface area (Å²) in [5.41, 5.74) is 0.877. The van der Waals surface area contributed by atoms with Crippen molar-refractivity contribution in [3.05, 3.63) is 42.1 Å². The highest BCUT2D eigenvalue weighted by atomic mass is 19.4. The van der Waals surface area contributed by atoms with Gasteiger partial charge in [-0.1, -0.05) is 0 Å². The number of alkyl halides is 3. The Balaban J connectivity index is 1.81. The number of carbonyl (C=O) groups is 1. The molecular formula is C11H7F3N6O. The van der Waals surface area contributed by atoms with E-state index in [0.717, 1.165) is 0 Å². The standard InChI is InChI=1S/C11H7F3N6O/c12-11(13,14)9-17-10(19-18-9)16-8(21)6-1-2-7-15-3-4-20(7)5-6/h1-5H,(H2,16,17,18,19,21). The van der Waals surface area contributed by atoms with Crippen molar-refractivity contribution in [3.63, 3.8) is 0 Å². The lowest BCUT2D eigenvalue weighted by Crippen LogP contribution is -2.14. The van der Waals surface area contributed by atoms with Crippen LogP contribution >= 0.6 is 0 Å². The van der Waals surface area contributed by atoms with E-state index in [1.807, 2.05) is 0 Å². The molecule has 3 aromatic rings. The Labute approximate surface area is 114 Å². The van der Waals surface area contributed by atoms with E-state index in [2.05, 4.69) is 20.4 Å². The van der Waals surface area contributed by atoms with E-state index >= 15 is 0 Å². The molecule has 7 nitrogen and oxygen atoms in total. The molecule has 0 radical (unpaired) electrons. The van der Waals surface area contributed by atoms with Crippen molar-refractivity contribution in [2.75, 3.05) is 5.32 Å². The molecule has 21 heavy (non-hydrogen) atoms. The van der Waals surface area contributed by atoms with Crippen LogP contribution in [0.2, 0.25) is 0 Å². The fraction of sp³-hybridized carbons (Fsp3) is 0.0909. The zero-order chi connectivity index (χ0) is 15.0. The third-order valence-corrected chi connectivity index (χ3v) is 2.63. The van der Waals surface area contributed by atoms with Gasteiger partial charge in [0.05, 0.1) is 5.56 Å². The molecule has 1 amide bonds. The Morgan fingerprint density at radius 3 is 2.86 bits per heavy atom. The highest BCUT2D eigenvalue weighted by Gasteiger charge is 2.35. The lowest BCUT2D eigenvalue weighted by atomic mass is 10.2. The number of nitrogens with zero attached hydrogens (tertiary/aromatic N) is 4. The van der Waals surface area contributed by atoms with Gasteiger partial charge in [-0.25, -0.2) is 4.98 Å². The fourth-order valence-electron chi connectivity index (χ4n) is 1.67. The predicted octanol–water partition coefficient (Wildman–Crippen LogP) is 1.72. The zero-order valence-corrected chi connectivity index (χ0v) is 10.2. The zero-order valence-electron chi connectivity index (χ0n) is 10.2. The summed E-state index contributed by atoms with van der Waals surface area (Å²) in [5, 5.41) is 7.19. The number of hydrogen-bond acceptors (Lipinski definition) is 4. The summed E-state index contributed by atoms with van der Waals surface area (Å²) in [4.78, 5) is 19.1. The minimum atomic E-state index is -4.65. The van der Waals surface area contributed by atoms with Crippen LogP contribution in [0.5, 0.6) is 0 Å². The molecule has 0 fully saturated rings. The second-order valence-electron chi connectivity index (χ2n) is 4.07. The third kappa shape index (κ3) is 2.55. The number of aromatic nitrogens is 5. The van der Waals surface area contributed by atoms with Gasteiger partial charge in [0.1, 0.15) is 5.65 Å². The summed E-state index contributed by atoms with van der Waals surface area (Å²) in [5.74, 6) is -2.35. The van der Waals surface area contributed by atoms with Crippen LogP contribution in [0.3, 0.4) is 0 Å². The number of hydrogen-bond donors (Lipinski definition) is 2. The van der Waals surface area contributed by atoms with Gasteiger partial charge in [0.15, 0.2) is 0 Å². The van der Waals surface area contributed by atoms with Gasteiger partial charge in [-0.3, -0.25) is 15.2 Å². The molecule has 0 spiro atoms. The lowest BCUT2D eigenvalue weighted by molar-refractivity contribution is -0.144. The highest BCUT2D eigenvalue weighted by Crippen LogP contribution is 2.26. The summed E-state index contributed by atoms with van der Waals surface area (Å²) in [7, 11) is 0. The van der Waals surface area contributed by atoms with Crippen LogP contribution in [0.1, 0.15) is 16.2 Å².